The first-order valence-corrected chi connectivity index (χ1v) is 68.0. The number of rotatable bonds is 28. The summed E-state index contributed by atoms with van der Waals surface area (Å²) in [5.41, 5.74) is 41.8. The molecular weight excluding hydrogens is 2150 g/mol. The van der Waals surface area contributed by atoms with Gasteiger partial charge in [0.15, 0.2) is 99.9 Å². The predicted octanol–water partition coefficient (Wildman–Crippen LogP) is 7.05. The number of aliphatic hydroxyl groups is 8. The summed E-state index contributed by atoms with van der Waals surface area (Å²) in [6.07, 6.45) is 41.1. The number of aromatic nitrogens is 24. The van der Waals surface area contributed by atoms with Gasteiger partial charge in [-0.3, -0.25) is 27.4 Å². The van der Waals surface area contributed by atoms with E-state index < -0.39 is 127 Å². The maximum Gasteiger partial charge on any atom is 0.167 e. The summed E-state index contributed by atoms with van der Waals surface area (Å²) in [7, 11) is 1.56. The zero-order valence-electron chi connectivity index (χ0n) is 84.6. The standard InChI is InChI=1S/C17H28N5O3P.C16H26N5O3P.C15H24N5O3P.C15H24N5O2P.C14H21BrN5O2P.C14H21IN5O2P/c1-5-6-11-20-15(18)12-16(21-11)22(9-19-12)17-14(24)13(23)10(25-17)7-8-26(2,3)4;1-5-10-19-14(17)11-15(20-10)21(8-18-11)16-13(23)12(22)9(24-16)6-7-25(2,3)4;1-22-12-11(21)9(5-6-24(2,3)4)23-15(12)20-8-19-10-13(16)17-7-18-14(10)20;1-9-12(21)10(5-6-23(2,3)4)22-15(9)20-8-19-11-13(16)17-7-18-14(11)20;2*1-23(2,3)5-4-8-11(21)9(15)14(22-8)20-7-19-10-12(16)17-6-18-13(10)20/h9-10,13-14,17,23-24H,2,5-8H2,1,3-4H3,(H2,18,20,21);8-9,12-13,16,22-23H,2,5-7H2,1,3-4H3,(H2,17,19,20);7-9,11-12,15,21H,2,5-6H2,1,3-4H3,(H2,16,17,18);7-10,12,15,21H,2,5-6H2,1,3-4H3,(H2,16,17,18);2*6-9,11,14,21H,1,4-5H2,2-3H3,(H2,16,17,18)/t10-,13-,14-,17-;9-,12-,13-,16-;9-,11-,12-,15-;9-,10-,12+,15-;2*8-,9-,11-,14-/m111111/s1. The van der Waals surface area contributed by atoms with E-state index >= 15 is 0 Å². The number of imidazole rings is 6. The molecule has 0 bridgehead atoms. The number of halogens is 2. The number of alkyl halides is 2. The highest BCUT2D eigenvalue weighted by Crippen LogP contribution is 2.49. The van der Waals surface area contributed by atoms with Gasteiger partial charge in [-0.1, -0.05) is 59.3 Å². The molecule has 53 heteroatoms. The molecule has 20 N–H and O–H groups in total. The van der Waals surface area contributed by atoms with Crippen molar-refractivity contribution < 1.29 is 74.0 Å². The van der Waals surface area contributed by atoms with Crippen molar-refractivity contribution in [3.63, 3.8) is 0 Å². The fourth-order valence-electron chi connectivity index (χ4n) is 17.5. The molecule has 45 nitrogen and oxygen atoms in total. The highest BCUT2D eigenvalue weighted by atomic mass is 127. The minimum Gasteiger partial charge on any atom is -0.390 e. The monoisotopic (exact) mass is 2290 g/mol. The van der Waals surface area contributed by atoms with Crippen LogP contribution in [0.3, 0.4) is 0 Å². The SMILES string of the molecule is C=P(C)(C)CC[C@H]1O[C@@H](n2cnc3c(N)nc(CC)nc32)[C@H](O)[C@@H]1O.C=P(C)(C)CC[C@H]1O[C@@H](n2cnc3c(N)nc(CCC)nc32)[C@H](O)[C@@H]1O.C=P(C)(C)CC[C@H]1O[C@@H](n2cnc3c(N)ncnc32)[C@H](Br)[C@@H]1O.C=P(C)(C)CC[C@H]1O[C@@H](n2cnc3c(N)ncnc32)[C@H](C)[C@@H]1O.C=P(C)(C)CC[C@H]1O[C@@H](n2cnc3c(N)ncnc32)[C@H](I)[C@@H]1O.C=P(C)(C)CC[C@H]1O[C@@H](n2cnc3c(N)ncnc32)[C@H](OC)[C@@H]1O. The zero-order valence-corrected chi connectivity index (χ0v) is 93.7. The highest BCUT2D eigenvalue weighted by molar-refractivity contribution is 14.1. The molecule has 24 atom stereocenters. The summed E-state index contributed by atoms with van der Waals surface area (Å²) < 4.78 is 52.3. The van der Waals surface area contributed by atoms with Crippen molar-refractivity contribution in [1.82, 2.24) is 117 Å². The van der Waals surface area contributed by atoms with Gasteiger partial charge in [0.25, 0.3) is 0 Å². The third-order valence-corrected chi connectivity index (χ3v) is 36.8. The number of aliphatic hydroxyl groups excluding tert-OH is 8. The molecule has 0 radical (unpaired) electrons. The van der Waals surface area contributed by atoms with Crippen LogP contribution >= 0.6 is 79.8 Å². The van der Waals surface area contributed by atoms with E-state index in [9.17, 15) is 40.9 Å². The number of nitrogen functional groups attached to an aromatic ring is 6. The summed E-state index contributed by atoms with van der Waals surface area (Å²) in [6.45, 7) is 24.9. The number of hydrogen-bond donors (Lipinski definition) is 14. The van der Waals surface area contributed by atoms with Gasteiger partial charge in [0.05, 0.1) is 102 Å². The molecule has 0 unspecified atom stereocenters. The Kier molecular flexibility index (Phi) is 37.1. The van der Waals surface area contributed by atoms with Crippen molar-refractivity contribution in [2.45, 2.75) is 216 Å². The lowest BCUT2D eigenvalue weighted by Crippen LogP contribution is -2.33. The maximum absolute atomic E-state index is 10.6. The summed E-state index contributed by atoms with van der Waals surface area (Å²) in [6, 6.07) is 0. The van der Waals surface area contributed by atoms with Gasteiger partial charge in [-0.25, -0.2) is 89.7 Å². The Hall–Kier alpha value is -7.49. The number of hydrogen-bond acceptors (Lipinski definition) is 39. The predicted molar refractivity (Wildman–Crippen MR) is 596 cm³/mol. The van der Waals surface area contributed by atoms with Crippen LogP contribution in [-0.4, -0.2) is 420 Å². The topological polar surface area (TPSA) is 644 Å². The van der Waals surface area contributed by atoms with Gasteiger partial charge in [0, 0.05) is 25.9 Å². The Morgan fingerprint density at radius 2 is 0.604 bits per heavy atom. The third-order valence-electron chi connectivity index (χ3n) is 25.6. The van der Waals surface area contributed by atoms with E-state index in [1.165, 1.54) is 38.0 Å². The number of methoxy groups -OCH3 is 1. The molecule has 792 valence electrons. The molecule has 6 aliphatic rings. The second kappa shape index (κ2) is 47.0. The molecule has 0 saturated carbocycles. The molecule has 6 saturated heterocycles. The average Bonchev–Trinajstić information content (AvgIpc) is 1.63. The Morgan fingerprint density at radius 1 is 0.333 bits per heavy atom. The molecule has 0 amide bonds. The van der Waals surface area contributed by atoms with Crippen LogP contribution < -0.4 is 34.4 Å². The van der Waals surface area contributed by atoms with Crippen LogP contribution in [0.4, 0.5) is 34.9 Å². The molecule has 144 heavy (non-hydrogen) atoms. The Labute approximate surface area is 860 Å². The van der Waals surface area contributed by atoms with E-state index in [0.29, 0.717) is 139 Å². The van der Waals surface area contributed by atoms with Crippen LogP contribution in [0.2, 0.25) is 0 Å². The molecule has 18 heterocycles. The number of fused-ring (bicyclic) bond motifs is 6. The average molecular weight is 2290 g/mol. The van der Waals surface area contributed by atoms with E-state index in [0.717, 1.165) is 69.1 Å². The van der Waals surface area contributed by atoms with E-state index in [2.05, 4.69) is 246 Å². The fraction of sp³-hybridized carbons (Fsp3) is 0.604. The van der Waals surface area contributed by atoms with Crippen LogP contribution in [0, 0.1) is 5.92 Å². The molecular formula is C91H144BrIN30O15P6. The van der Waals surface area contributed by atoms with E-state index in [4.69, 9.17) is 67.6 Å². The first-order valence-electron chi connectivity index (χ1n) is 47.5. The highest BCUT2D eigenvalue weighted by Gasteiger charge is 2.51. The summed E-state index contributed by atoms with van der Waals surface area (Å²) >= 11 is 5.79. The van der Waals surface area contributed by atoms with Gasteiger partial charge in [-0.2, -0.15) is 0 Å². The summed E-state index contributed by atoms with van der Waals surface area (Å²) in [5.74, 6) is 3.12. The lowest BCUT2D eigenvalue weighted by molar-refractivity contribution is -0.0496. The third kappa shape index (κ3) is 27.1. The van der Waals surface area contributed by atoms with Gasteiger partial charge in [0.1, 0.15) is 113 Å². The van der Waals surface area contributed by atoms with Crippen LogP contribution in [0.25, 0.3) is 67.0 Å². The first-order chi connectivity index (χ1) is 67.6. The Balaban J connectivity index is 0.000000145. The second-order valence-electron chi connectivity index (χ2n) is 41.6. The van der Waals surface area contributed by atoms with Crippen LogP contribution in [-0.2, 0) is 46.0 Å². The van der Waals surface area contributed by atoms with Crippen molar-refractivity contribution in [3.8, 4) is 0 Å². The number of nitrogens with zero attached hydrogens (tertiary/aromatic N) is 24. The largest absolute Gasteiger partial charge is 0.390 e. The van der Waals surface area contributed by atoms with Gasteiger partial charge < -0.3 is 108 Å². The second-order valence-corrected chi connectivity index (χ2v) is 70.0. The van der Waals surface area contributed by atoms with E-state index in [1.807, 2.05) is 29.9 Å². The van der Waals surface area contributed by atoms with Crippen LogP contribution in [0.15, 0.2) is 63.3 Å². The summed E-state index contributed by atoms with van der Waals surface area (Å²) in [5, 5.41) is 83.9. The molecule has 12 aromatic heterocycles. The lowest BCUT2D eigenvalue weighted by Gasteiger charge is -2.19. The first kappa shape index (κ1) is 114. The van der Waals surface area contributed by atoms with Crippen molar-refractivity contribution in [2.24, 2.45) is 5.92 Å². The molecule has 6 fully saturated rings. The Morgan fingerprint density at radius 3 is 0.951 bits per heavy atom. The van der Waals surface area contributed by atoms with E-state index in [1.54, 1.807) is 50.7 Å². The summed E-state index contributed by atoms with van der Waals surface area (Å²) in [4.78, 5) is 75.6. The Bertz CT molecular complexity index is 6440. The van der Waals surface area contributed by atoms with Crippen LogP contribution in [0.5, 0.6) is 0 Å². The molecule has 6 aliphatic heterocycles. The van der Waals surface area contributed by atoms with Gasteiger partial charge in [-0.15, -0.1) is 79.1 Å². The number of nitrogens with two attached hydrogens (primary N) is 6. The van der Waals surface area contributed by atoms with Crippen molar-refractivity contribution in [1.29, 1.82) is 0 Å². The van der Waals surface area contributed by atoms with Crippen molar-refractivity contribution >= 4 is 220 Å². The number of anilines is 6. The smallest absolute Gasteiger partial charge is 0.167 e. The van der Waals surface area contributed by atoms with E-state index in [-0.39, 0.29) is 57.8 Å². The lowest BCUT2D eigenvalue weighted by atomic mass is 10.0. The quantitative estimate of drug-likeness (QED) is 0.0133. The maximum atomic E-state index is 10.6. The van der Waals surface area contributed by atoms with Gasteiger partial charge >= 0.3 is 0 Å². The van der Waals surface area contributed by atoms with Crippen LogP contribution in [0.1, 0.15) is 115 Å². The molecule has 0 aliphatic carbocycles. The van der Waals surface area contributed by atoms with Crippen molar-refractivity contribution in [2.75, 3.05) is 158 Å². The fourth-order valence-corrected chi connectivity index (χ4v) is 25.0. The minimum atomic E-state index is -1.23. The number of aryl methyl sites for hydroxylation is 2. The molecule has 18 rings (SSSR count). The molecule has 12 aromatic rings. The van der Waals surface area contributed by atoms with Gasteiger partial charge in [0.2, 0.25) is 0 Å². The molecule has 0 spiro atoms. The minimum absolute atomic E-state index is 0.0557. The number of ether oxygens (including phenoxy) is 7. The normalized spacial score (nSPS) is 27.8. The zero-order chi connectivity index (χ0) is 105. The van der Waals surface area contributed by atoms with Crippen molar-refractivity contribution in [3.05, 3.63) is 74.9 Å². The molecule has 0 aromatic carbocycles. The van der Waals surface area contributed by atoms with Gasteiger partial charge in [-0.05, 0) is 162 Å².